The van der Waals surface area contributed by atoms with Gasteiger partial charge in [0.05, 0.1) is 6.42 Å². The molecule has 120 valence electrons. The highest BCUT2D eigenvalue weighted by molar-refractivity contribution is 5.78. The monoisotopic (exact) mass is 295 g/mol. The van der Waals surface area contributed by atoms with Crippen molar-refractivity contribution in [2.45, 2.75) is 71.1 Å². The fraction of sp³-hybridized carbons (Fsp3) is 0.882. The number of rotatable bonds is 6. The van der Waals surface area contributed by atoms with Crippen LogP contribution >= 0.6 is 0 Å². The fourth-order valence-electron chi connectivity index (χ4n) is 4.21. The fourth-order valence-corrected chi connectivity index (χ4v) is 4.21. The Morgan fingerprint density at radius 3 is 2.38 bits per heavy atom. The Morgan fingerprint density at radius 2 is 1.76 bits per heavy atom. The first-order valence-corrected chi connectivity index (χ1v) is 8.49. The third-order valence-corrected chi connectivity index (χ3v) is 5.58. The summed E-state index contributed by atoms with van der Waals surface area (Å²) in [6.07, 6.45) is 9.46. The molecule has 4 nitrogen and oxygen atoms in total. The minimum atomic E-state index is -0.773. The summed E-state index contributed by atoms with van der Waals surface area (Å²) in [6.45, 7) is 3.04. The van der Waals surface area contributed by atoms with Crippen molar-refractivity contribution in [3.05, 3.63) is 0 Å². The zero-order valence-electron chi connectivity index (χ0n) is 13.2. The van der Waals surface area contributed by atoms with Gasteiger partial charge in [-0.1, -0.05) is 39.0 Å². The van der Waals surface area contributed by atoms with Gasteiger partial charge in [0.25, 0.3) is 0 Å². The quantitative estimate of drug-likeness (QED) is 0.789. The molecule has 4 heteroatoms. The molecule has 0 aromatic rings. The average molecular weight is 295 g/mol. The predicted octanol–water partition coefficient (Wildman–Crippen LogP) is 3.35. The highest BCUT2D eigenvalue weighted by atomic mass is 16.4. The van der Waals surface area contributed by atoms with Crippen LogP contribution in [-0.4, -0.2) is 23.5 Å². The Bertz CT molecular complexity index is 374. The number of amides is 1. The second kappa shape index (κ2) is 7.28. The number of nitrogens with one attached hydrogen (secondary N) is 1. The summed E-state index contributed by atoms with van der Waals surface area (Å²) >= 11 is 0. The van der Waals surface area contributed by atoms with Crippen molar-refractivity contribution in [2.24, 2.45) is 17.3 Å². The van der Waals surface area contributed by atoms with E-state index in [9.17, 15) is 9.59 Å². The van der Waals surface area contributed by atoms with Crippen molar-refractivity contribution in [3.63, 3.8) is 0 Å². The zero-order valence-corrected chi connectivity index (χ0v) is 13.2. The molecule has 2 N–H and O–H groups in total. The molecule has 2 atom stereocenters. The topological polar surface area (TPSA) is 66.4 Å². The molecule has 2 unspecified atom stereocenters. The third kappa shape index (κ3) is 4.72. The van der Waals surface area contributed by atoms with Gasteiger partial charge in [-0.25, -0.2) is 0 Å². The lowest BCUT2D eigenvalue weighted by Gasteiger charge is -2.30. The van der Waals surface area contributed by atoms with E-state index in [1.54, 1.807) is 0 Å². The minimum Gasteiger partial charge on any atom is -0.481 e. The van der Waals surface area contributed by atoms with Crippen LogP contribution in [-0.2, 0) is 9.59 Å². The SMILES string of the molecule is CC1CCCCC1CNC(=O)CC1(CC(=O)O)CCCC1. The molecule has 0 heterocycles. The maximum absolute atomic E-state index is 12.2. The summed E-state index contributed by atoms with van der Waals surface area (Å²) in [5.74, 6) is 0.571. The Balaban J connectivity index is 1.80. The summed E-state index contributed by atoms with van der Waals surface area (Å²) in [5.41, 5.74) is -0.284. The molecule has 0 radical (unpaired) electrons. The lowest BCUT2D eigenvalue weighted by atomic mass is 9.78. The van der Waals surface area contributed by atoms with Gasteiger partial charge in [-0.15, -0.1) is 0 Å². The normalized spacial score (nSPS) is 28.2. The van der Waals surface area contributed by atoms with E-state index in [-0.39, 0.29) is 17.7 Å². The Morgan fingerprint density at radius 1 is 1.10 bits per heavy atom. The number of carbonyl (C=O) groups excluding carboxylic acids is 1. The third-order valence-electron chi connectivity index (χ3n) is 5.58. The second-order valence-corrected chi connectivity index (χ2v) is 7.28. The molecule has 0 spiro atoms. The Labute approximate surface area is 127 Å². The summed E-state index contributed by atoms with van der Waals surface area (Å²) < 4.78 is 0. The van der Waals surface area contributed by atoms with Gasteiger partial charge >= 0.3 is 5.97 Å². The van der Waals surface area contributed by atoms with E-state index in [0.717, 1.165) is 32.2 Å². The van der Waals surface area contributed by atoms with E-state index < -0.39 is 5.97 Å². The van der Waals surface area contributed by atoms with E-state index in [2.05, 4.69) is 12.2 Å². The summed E-state index contributed by atoms with van der Waals surface area (Å²) in [7, 11) is 0. The number of carboxylic acids is 1. The highest BCUT2D eigenvalue weighted by Crippen LogP contribution is 2.44. The minimum absolute atomic E-state index is 0.0518. The Kier molecular flexibility index (Phi) is 5.65. The van der Waals surface area contributed by atoms with Gasteiger partial charge in [-0.05, 0) is 36.5 Å². The molecule has 0 bridgehead atoms. The standard InChI is InChI=1S/C17H29NO3/c1-13-6-2-3-7-14(13)12-18-15(19)10-17(11-16(20)21)8-4-5-9-17/h13-14H,2-12H2,1H3,(H,18,19)(H,20,21). The van der Waals surface area contributed by atoms with Crippen LogP contribution in [0.15, 0.2) is 0 Å². The first-order valence-electron chi connectivity index (χ1n) is 8.49. The van der Waals surface area contributed by atoms with Crippen LogP contribution in [0.5, 0.6) is 0 Å². The molecular weight excluding hydrogens is 266 g/mol. The van der Waals surface area contributed by atoms with E-state index >= 15 is 0 Å². The van der Waals surface area contributed by atoms with Crippen LogP contribution in [0.4, 0.5) is 0 Å². The van der Waals surface area contributed by atoms with Crippen molar-refractivity contribution in [3.8, 4) is 0 Å². The van der Waals surface area contributed by atoms with E-state index in [1.165, 1.54) is 25.7 Å². The summed E-state index contributed by atoms with van der Waals surface area (Å²) in [6, 6.07) is 0. The number of carboxylic acid groups (broad SMARTS) is 1. The maximum Gasteiger partial charge on any atom is 0.303 e. The van der Waals surface area contributed by atoms with Crippen LogP contribution in [0.1, 0.15) is 71.1 Å². The van der Waals surface area contributed by atoms with Crippen LogP contribution in [0.2, 0.25) is 0 Å². The smallest absolute Gasteiger partial charge is 0.303 e. The largest absolute Gasteiger partial charge is 0.481 e. The van der Waals surface area contributed by atoms with Gasteiger partial charge in [0.2, 0.25) is 5.91 Å². The number of hydrogen-bond acceptors (Lipinski definition) is 2. The van der Waals surface area contributed by atoms with Crippen LogP contribution in [0.25, 0.3) is 0 Å². The molecular formula is C17H29NO3. The van der Waals surface area contributed by atoms with Crippen molar-refractivity contribution >= 4 is 11.9 Å². The highest BCUT2D eigenvalue weighted by Gasteiger charge is 2.38. The van der Waals surface area contributed by atoms with Crippen molar-refractivity contribution in [2.75, 3.05) is 6.54 Å². The first-order chi connectivity index (χ1) is 10.0. The molecule has 1 amide bonds. The molecule has 2 fully saturated rings. The van der Waals surface area contributed by atoms with Gasteiger partial charge in [-0.3, -0.25) is 9.59 Å². The zero-order chi connectivity index (χ0) is 15.3. The predicted molar refractivity (Wildman–Crippen MR) is 81.9 cm³/mol. The molecule has 0 aromatic carbocycles. The van der Waals surface area contributed by atoms with Crippen molar-refractivity contribution in [1.82, 2.24) is 5.32 Å². The lowest BCUT2D eigenvalue weighted by molar-refractivity contribution is -0.140. The second-order valence-electron chi connectivity index (χ2n) is 7.28. The number of aliphatic carboxylic acids is 1. The number of carbonyl (C=O) groups is 2. The molecule has 2 aliphatic rings. The molecule has 2 saturated carbocycles. The molecule has 0 saturated heterocycles. The van der Waals surface area contributed by atoms with Crippen molar-refractivity contribution in [1.29, 1.82) is 0 Å². The van der Waals surface area contributed by atoms with Crippen molar-refractivity contribution < 1.29 is 14.7 Å². The molecule has 0 aliphatic heterocycles. The van der Waals surface area contributed by atoms with E-state index in [4.69, 9.17) is 5.11 Å². The summed E-state index contributed by atoms with van der Waals surface area (Å²) in [4.78, 5) is 23.3. The van der Waals surface area contributed by atoms with Gasteiger partial charge in [0.15, 0.2) is 0 Å². The van der Waals surface area contributed by atoms with Gasteiger partial charge < -0.3 is 10.4 Å². The van der Waals surface area contributed by atoms with E-state index in [1.807, 2.05) is 0 Å². The van der Waals surface area contributed by atoms with Crippen LogP contribution in [0.3, 0.4) is 0 Å². The van der Waals surface area contributed by atoms with Crippen LogP contribution in [0, 0.1) is 17.3 Å². The maximum atomic E-state index is 12.2. The molecule has 2 aliphatic carbocycles. The average Bonchev–Trinajstić information content (AvgIpc) is 2.85. The molecule has 0 aromatic heterocycles. The van der Waals surface area contributed by atoms with Gasteiger partial charge in [0, 0.05) is 13.0 Å². The Hall–Kier alpha value is -1.06. The molecule has 2 rings (SSSR count). The summed E-state index contributed by atoms with van der Waals surface area (Å²) in [5, 5.41) is 12.2. The van der Waals surface area contributed by atoms with Gasteiger partial charge in [0.1, 0.15) is 0 Å². The first kappa shape index (κ1) is 16.3. The van der Waals surface area contributed by atoms with E-state index in [0.29, 0.717) is 18.3 Å². The van der Waals surface area contributed by atoms with Gasteiger partial charge in [-0.2, -0.15) is 0 Å². The van der Waals surface area contributed by atoms with Crippen LogP contribution < -0.4 is 5.32 Å². The molecule has 21 heavy (non-hydrogen) atoms. The lowest BCUT2D eigenvalue weighted by Crippen LogP contribution is -2.36. The number of hydrogen-bond donors (Lipinski definition) is 2.